The lowest BCUT2D eigenvalue weighted by Gasteiger charge is -2.22. The molecule has 0 saturated carbocycles. The Balaban J connectivity index is 2.71. The molecule has 0 aliphatic carbocycles. The zero-order valence-electron chi connectivity index (χ0n) is 10.8. The summed E-state index contributed by atoms with van der Waals surface area (Å²) in [6.45, 7) is 5.87. The van der Waals surface area contributed by atoms with E-state index in [9.17, 15) is 4.79 Å². The number of Topliss-reactive ketones (excluding diaryl/α,β-unsaturated/α-hetero) is 1. The molecule has 0 spiro atoms. The Morgan fingerprint density at radius 1 is 1.41 bits per heavy atom. The van der Waals surface area contributed by atoms with E-state index in [1.165, 1.54) is 0 Å². The molecule has 0 aliphatic heterocycles. The Morgan fingerprint density at radius 3 is 2.59 bits per heavy atom. The summed E-state index contributed by atoms with van der Waals surface area (Å²) < 4.78 is 5.30. The van der Waals surface area contributed by atoms with Gasteiger partial charge in [-0.15, -0.1) is 0 Å². The summed E-state index contributed by atoms with van der Waals surface area (Å²) in [5.41, 5.74) is 1.43. The number of ether oxygens (including phenoxy) is 1. The number of halogens is 1. The van der Waals surface area contributed by atoms with E-state index in [2.05, 4.69) is 0 Å². The first-order chi connectivity index (χ1) is 7.85. The SMILES string of the molecule is COC(C)(C)CCC(=O)c1ccc(Cl)cc1C. The van der Waals surface area contributed by atoms with Crippen molar-refractivity contribution in [1.29, 1.82) is 0 Å². The van der Waals surface area contributed by atoms with Crippen LogP contribution in [-0.2, 0) is 4.74 Å². The Bertz CT molecular complexity index is 411. The zero-order valence-corrected chi connectivity index (χ0v) is 11.6. The maximum absolute atomic E-state index is 12.0. The molecule has 0 amide bonds. The van der Waals surface area contributed by atoms with Gasteiger partial charge in [0.05, 0.1) is 5.60 Å². The maximum Gasteiger partial charge on any atom is 0.163 e. The highest BCUT2D eigenvalue weighted by Crippen LogP contribution is 2.20. The van der Waals surface area contributed by atoms with Crippen molar-refractivity contribution in [1.82, 2.24) is 0 Å². The van der Waals surface area contributed by atoms with Crippen LogP contribution in [0.3, 0.4) is 0 Å². The third-order valence-electron chi connectivity index (χ3n) is 3.00. The lowest BCUT2D eigenvalue weighted by atomic mass is 9.96. The molecule has 0 N–H and O–H groups in total. The van der Waals surface area contributed by atoms with Crippen LogP contribution >= 0.6 is 11.6 Å². The smallest absolute Gasteiger partial charge is 0.163 e. The van der Waals surface area contributed by atoms with Crippen LogP contribution in [0.4, 0.5) is 0 Å². The third kappa shape index (κ3) is 4.14. The molecule has 0 bridgehead atoms. The maximum atomic E-state index is 12.0. The van der Waals surface area contributed by atoms with E-state index >= 15 is 0 Å². The molecule has 1 aromatic carbocycles. The largest absolute Gasteiger partial charge is 0.379 e. The highest BCUT2D eigenvalue weighted by Gasteiger charge is 2.19. The van der Waals surface area contributed by atoms with Gasteiger partial charge < -0.3 is 4.74 Å². The molecule has 3 heteroatoms. The summed E-state index contributed by atoms with van der Waals surface area (Å²) in [4.78, 5) is 12.0. The van der Waals surface area contributed by atoms with Gasteiger partial charge in [0.25, 0.3) is 0 Å². The van der Waals surface area contributed by atoms with E-state index < -0.39 is 0 Å². The molecule has 0 saturated heterocycles. The van der Waals surface area contributed by atoms with Crippen LogP contribution in [-0.4, -0.2) is 18.5 Å². The molecular weight excluding hydrogens is 236 g/mol. The van der Waals surface area contributed by atoms with Crippen LogP contribution in [0.25, 0.3) is 0 Å². The van der Waals surface area contributed by atoms with E-state index in [1.807, 2.05) is 26.8 Å². The number of hydrogen-bond acceptors (Lipinski definition) is 2. The second-order valence-electron chi connectivity index (χ2n) is 4.85. The lowest BCUT2D eigenvalue weighted by molar-refractivity contribution is 0.0141. The van der Waals surface area contributed by atoms with Crippen molar-refractivity contribution >= 4 is 17.4 Å². The van der Waals surface area contributed by atoms with E-state index in [0.29, 0.717) is 17.9 Å². The Hall–Kier alpha value is -0.860. The molecule has 0 heterocycles. The molecule has 94 valence electrons. The molecule has 2 nitrogen and oxygen atoms in total. The zero-order chi connectivity index (χ0) is 13.1. The molecule has 1 rings (SSSR count). The van der Waals surface area contributed by atoms with E-state index in [4.69, 9.17) is 16.3 Å². The van der Waals surface area contributed by atoms with Gasteiger partial charge >= 0.3 is 0 Å². The summed E-state index contributed by atoms with van der Waals surface area (Å²) in [5.74, 6) is 0.143. The van der Waals surface area contributed by atoms with E-state index in [-0.39, 0.29) is 11.4 Å². The van der Waals surface area contributed by atoms with Crippen molar-refractivity contribution in [2.24, 2.45) is 0 Å². The minimum atomic E-state index is -0.254. The molecule has 0 unspecified atom stereocenters. The average Bonchev–Trinajstić information content (AvgIpc) is 2.26. The van der Waals surface area contributed by atoms with Crippen molar-refractivity contribution in [3.8, 4) is 0 Å². The number of ketones is 1. The third-order valence-corrected chi connectivity index (χ3v) is 3.23. The highest BCUT2D eigenvalue weighted by molar-refractivity contribution is 6.30. The summed E-state index contributed by atoms with van der Waals surface area (Å²) >= 11 is 5.86. The van der Waals surface area contributed by atoms with Crippen LogP contribution < -0.4 is 0 Å². The Labute approximate surface area is 108 Å². The van der Waals surface area contributed by atoms with Crippen molar-refractivity contribution < 1.29 is 9.53 Å². The van der Waals surface area contributed by atoms with Gasteiger partial charge in [0.2, 0.25) is 0 Å². The first kappa shape index (κ1) is 14.2. The Morgan fingerprint density at radius 2 is 2.06 bits per heavy atom. The first-order valence-electron chi connectivity index (χ1n) is 5.70. The summed E-state index contributed by atoms with van der Waals surface area (Å²) in [6.07, 6.45) is 1.20. The predicted molar refractivity (Wildman–Crippen MR) is 70.8 cm³/mol. The van der Waals surface area contributed by atoms with Gasteiger partial charge in [-0.3, -0.25) is 4.79 Å². The van der Waals surface area contributed by atoms with Gasteiger partial charge in [0, 0.05) is 24.1 Å². The van der Waals surface area contributed by atoms with Crippen molar-refractivity contribution in [2.75, 3.05) is 7.11 Å². The van der Waals surface area contributed by atoms with Gasteiger partial charge in [0.15, 0.2) is 5.78 Å². The van der Waals surface area contributed by atoms with E-state index in [0.717, 1.165) is 11.1 Å². The number of rotatable bonds is 5. The quantitative estimate of drug-likeness (QED) is 0.742. The fourth-order valence-electron chi connectivity index (χ4n) is 1.59. The number of methoxy groups -OCH3 is 1. The van der Waals surface area contributed by atoms with Crippen LogP contribution in [0, 0.1) is 6.92 Å². The van der Waals surface area contributed by atoms with Gasteiger partial charge in [-0.05, 0) is 51.0 Å². The van der Waals surface area contributed by atoms with Crippen LogP contribution in [0.2, 0.25) is 5.02 Å². The minimum absolute atomic E-state index is 0.143. The molecule has 0 radical (unpaired) electrons. The number of carbonyl (C=O) groups is 1. The van der Waals surface area contributed by atoms with Crippen LogP contribution in [0.1, 0.15) is 42.6 Å². The minimum Gasteiger partial charge on any atom is -0.379 e. The molecule has 17 heavy (non-hydrogen) atoms. The number of carbonyl (C=O) groups excluding carboxylic acids is 1. The molecule has 0 fully saturated rings. The second kappa shape index (κ2) is 5.65. The van der Waals surface area contributed by atoms with Crippen molar-refractivity contribution in [3.63, 3.8) is 0 Å². The monoisotopic (exact) mass is 254 g/mol. The molecule has 0 atom stereocenters. The van der Waals surface area contributed by atoms with Gasteiger partial charge in [-0.2, -0.15) is 0 Å². The fraction of sp³-hybridized carbons (Fsp3) is 0.500. The fourth-order valence-corrected chi connectivity index (χ4v) is 1.82. The van der Waals surface area contributed by atoms with Gasteiger partial charge in [0.1, 0.15) is 0 Å². The van der Waals surface area contributed by atoms with Crippen molar-refractivity contribution in [2.45, 2.75) is 39.2 Å². The van der Waals surface area contributed by atoms with Gasteiger partial charge in [-0.1, -0.05) is 11.6 Å². The summed E-state index contributed by atoms with van der Waals surface area (Å²) in [5, 5.41) is 0.663. The second-order valence-corrected chi connectivity index (χ2v) is 5.28. The van der Waals surface area contributed by atoms with E-state index in [1.54, 1.807) is 19.2 Å². The molecule has 0 aromatic heterocycles. The van der Waals surface area contributed by atoms with Gasteiger partial charge in [-0.25, -0.2) is 0 Å². The number of aryl methyl sites for hydroxylation is 1. The standard InChI is InChI=1S/C14H19ClO2/c1-10-9-11(15)5-6-12(10)13(16)7-8-14(2,3)17-4/h5-6,9H,7-8H2,1-4H3. The van der Waals surface area contributed by atoms with Crippen LogP contribution in [0.15, 0.2) is 18.2 Å². The highest BCUT2D eigenvalue weighted by atomic mass is 35.5. The number of benzene rings is 1. The summed E-state index contributed by atoms with van der Waals surface area (Å²) in [7, 11) is 1.66. The van der Waals surface area contributed by atoms with Crippen LogP contribution in [0.5, 0.6) is 0 Å². The van der Waals surface area contributed by atoms with Crippen molar-refractivity contribution in [3.05, 3.63) is 34.3 Å². The first-order valence-corrected chi connectivity index (χ1v) is 6.08. The summed E-state index contributed by atoms with van der Waals surface area (Å²) in [6, 6.07) is 5.36. The lowest BCUT2D eigenvalue weighted by Crippen LogP contribution is -2.23. The normalized spacial score (nSPS) is 11.6. The number of hydrogen-bond donors (Lipinski definition) is 0. The predicted octanol–water partition coefficient (Wildman–Crippen LogP) is 4.04. The topological polar surface area (TPSA) is 26.3 Å². The molecule has 1 aromatic rings. The average molecular weight is 255 g/mol. The Kier molecular flexibility index (Phi) is 4.72. The molecule has 0 aliphatic rings. The molecular formula is C14H19ClO2.